The first kappa shape index (κ1) is 21.6. The van der Waals surface area contributed by atoms with E-state index in [-0.39, 0.29) is 35.5 Å². The van der Waals surface area contributed by atoms with Crippen LogP contribution in [0.15, 0.2) is 20.4 Å². The number of carbonyl (C=O) groups excluding carboxylic acids is 1. The van der Waals surface area contributed by atoms with Crippen LogP contribution in [0.1, 0.15) is 49.2 Å². The Labute approximate surface area is 188 Å². The van der Waals surface area contributed by atoms with Crippen molar-refractivity contribution in [2.24, 2.45) is 14.1 Å². The van der Waals surface area contributed by atoms with Crippen molar-refractivity contribution >= 4 is 17.1 Å². The van der Waals surface area contributed by atoms with Gasteiger partial charge in [-0.15, -0.1) is 0 Å². The molecule has 0 spiro atoms. The maximum absolute atomic E-state index is 12.9. The molecule has 12 nitrogen and oxygen atoms in total. The summed E-state index contributed by atoms with van der Waals surface area (Å²) < 4.78 is 14.8. The number of carbonyl (C=O) groups is 1. The molecule has 0 aromatic carbocycles. The third-order valence-electron chi connectivity index (χ3n) is 6.76. The average molecular weight is 457 g/mol. The van der Waals surface area contributed by atoms with E-state index in [4.69, 9.17) is 9.26 Å². The topological polar surface area (TPSA) is 130 Å². The van der Waals surface area contributed by atoms with Crippen LogP contribution in [0, 0.1) is 0 Å². The Hall–Kier alpha value is -3.28. The van der Waals surface area contributed by atoms with Crippen molar-refractivity contribution < 1.29 is 14.1 Å². The van der Waals surface area contributed by atoms with Crippen LogP contribution in [0.5, 0.6) is 0 Å². The number of nitrogens with zero attached hydrogens (tertiary/aromatic N) is 7. The molecular weight excluding hydrogens is 430 g/mol. The summed E-state index contributed by atoms with van der Waals surface area (Å²) in [4.78, 5) is 48.2. The van der Waals surface area contributed by atoms with Crippen molar-refractivity contribution in [3.05, 3.63) is 38.9 Å². The minimum atomic E-state index is -0.464. The molecule has 5 heterocycles. The van der Waals surface area contributed by atoms with Crippen LogP contribution < -0.4 is 11.2 Å². The lowest BCUT2D eigenvalue weighted by molar-refractivity contribution is -0.132. The molecule has 2 saturated heterocycles. The largest absolute Gasteiger partial charge is 0.381 e. The Morgan fingerprint density at radius 1 is 1.06 bits per heavy atom. The number of likely N-dealkylation sites (tertiary alicyclic amines) is 1. The average Bonchev–Trinajstić information content (AvgIpc) is 3.50. The molecular formula is C21H27N7O5. The quantitative estimate of drug-likeness (QED) is 0.540. The molecule has 5 rings (SSSR count). The van der Waals surface area contributed by atoms with E-state index < -0.39 is 11.2 Å². The zero-order chi connectivity index (χ0) is 23.1. The number of ether oxygens (including phenoxy) is 1. The van der Waals surface area contributed by atoms with Crippen molar-refractivity contribution in [1.82, 2.24) is 33.7 Å². The van der Waals surface area contributed by atoms with Crippen LogP contribution in [-0.4, -0.2) is 65.9 Å². The standard InChI is InChI=1S/C21H27N7O5/c1-25-18-16(20(30)26(2)21(25)31)28(12-22-18)11-15(29)27-7-3-14(4-8-27)19-23-17(24-33-19)13-5-9-32-10-6-13/h12-14H,3-11H2,1-2H3. The summed E-state index contributed by atoms with van der Waals surface area (Å²) in [6.45, 7) is 2.58. The van der Waals surface area contributed by atoms with Gasteiger partial charge >= 0.3 is 5.69 Å². The number of rotatable bonds is 4. The van der Waals surface area contributed by atoms with E-state index in [0.717, 1.165) is 49.3 Å². The third-order valence-corrected chi connectivity index (χ3v) is 6.76. The van der Waals surface area contributed by atoms with Gasteiger partial charge in [-0.1, -0.05) is 5.16 Å². The van der Waals surface area contributed by atoms with Crippen LogP contribution in [0.2, 0.25) is 0 Å². The number of piperidine rings is 1. The monoisotopic (exact) mass is 457 g/mol. The van der Waals surface area contributed by atoms with E-state index in [9.17, 15) is 14.4 Å². The molecule has 33 heavy (non-hydrogen) atoms. The van der Waals surface area contributed by atoms with Crippen LogP contribution in [0.25, 0.3) is 11.2 Å². The highest BCUT2D eigenvalue weighted by Gasteiger charge is 2.29. The number of hydrogen-bond acceptors (Lipinski definition) is 8. The molecule has 0 bridgehead atoms. The molecule has 176 valence electrons. The third kappa shape index (κ3) is 3.88. The number of amides is 1. The number of aromatic nitrogens is 6. The highest BCUT2D eigenvalue weighted by Crippen LogP contribution is 2.30. The molecule has 2 aliphatic heterocycles. The molecule has 12 heteroatoms. The summed E-state index contributed by atoms with van der Waals surface area (Å²) in [5.41, 5.74) is -0.401. The van der Waals surface area contributed by atoms with Crippen molar-refractivity contribution in [3.8, 4) is 0 Å². The molecule has 3 aromatic rings. The Balaban J connectivity index is 1.24. The molecule has 0 N–H and O–H groups in total. The second-order valence-corrected chi connectivity index (χ2v) is 8.78. The maximum Gasteiger partial charge on any atom is 0.332 e. The first-order valence-corrected chi connectivity index (χ1v) is 11.2. The van der Waals surface area contributed by atoms with Gasteiger partial charge in [-0.25, -0.2) is 9.78 Å². The van der Waals surface area contributed by atoms with Gasteiger partial charge in [0.25, 0.3) is 5.56 Å². The first-order chi connectivity index (χ1) is 15.9. The Morgan fingerprint density at radius 3 is 2.52 bits per heavy atom. The van der Waals surface area contributed by atoms with Crippen LogP contribution >= 0.6 is 0 Å². The van der Waals surface area contributed by atoms with E-state index in [0.29, 0.717) is 19.0 Å². The molecule has 3 aromatic heterocycles. The summed E-state index contributed by atoms with van der Waals surface area (Å²) in [6.07, 6.45) is 4.73. The lowest BCUT2D eigenvalue weighted by atomic mass is 9.96. The van der Waals surface area contributed by atoms with Crippen molar-refractivity contribution in [2.45, 2.75) is 44.1 Å². The molecule has 2 fully saturated rings. The van der Waals surface area contributed by atoms with E-state index in [1.807, 2.05) is 0 Å². The van der Waals surface area contributed by atoms with Crippen molar-refractivity contribution in [2.75, 3.05) is 26.3 Å². The fraction of sp³-hybridized carbons (Fsp3) is 0.619. The Kier molecular flexibility index (Phi) is 5.60. The molecule has 0 unspecified atom stereocenters. The number of aryl methyl sites for hydroxylation is 1. The van der Waals surface area contributed by atoms with Gasteiger partial charge in [0.05, 0.1) is 6.33 Å². The van der Waals surface area contributed by atoms with Crippen molar-refractivity contribution in [3.63, 3.8) is 0 Å². The van der Waals surface area contributed by atoms with E-state index in [2.05, 4.69) is 15.1 Å². The second kappa shape index (κ2) is 8.58. The number of imidazole rings is 1. The first-order valence-electron chi connectivity index (χ1n) is 11.2. The van der Waals surface area contributed by atoms with E-state index >= 15 is 0 Å². The number of fused-ring (bicyclic) bond motifs is 1. The van der Waals surface area contributed by atoms with Gasteiger partial charge in [0.15, 0.2) is 17.0 Å². The lowest BCUT2D eigenvalue weighted by Gasteiger charge is -2.30. The Bertz CT molecular complexity index is 1290. The molecule has 0 aliphatic carbocycles. The predicted octanol–water partition coefficient (Wildman–Crippen LogP) is 0.117. The molecule has 0 saturated carbocycles. The Morgan fingerprint density at radius 2 is 1.79 bits per heavy atom. The molecule has 0 radical (unpaired) electrons. The predicted molar refractivity (Wildman–Crippen MR) is 116 cm³/mol. The fourth-order valence-corrected chi connectivity index (χ4v) is 4.67. The van der Waals surface area contributed by atoms with E-state index in [1.54, 1.807) is 11.9 Å². The normalized spacial score (nSPS) is 18.3. The molecule has 0 atom stereocenters. The zero-order valence-corrected chi connectivity index (χ0v) is 18.8. The minimum Gasteiger partial charge on any atom is -0.381 e. The summed E-state index contributed by atoms with van der Waals surface area (Å²) in [5.74, 6) is 1.72. The fourth-order valence-electron chi connectivity index (χ4n) is 4.67. The van der Waals surface area contributed by atoms with Gasteiger partial charge < -0.3 is 18.7 Å². The molecule has 1 amide bonds. The van der Waals surface area contributed by atoms with E-state index in [1.165, 1.54) is 22.5 Å². The van der Waals surface area contributed by atoms with Gasteiger partial charge in [0.1, 0.15) is 6.54 Å². The lowest BCUT2D eigenvalue weighted by Crippen LogP contribution is -2.41. The van der Waals surface area contributed by atoms with Crippen LogP contribution in [-0.2, 0) is 30.2 Å². The highest BCUT2D eigenvalue weighted by atomic mass is 16.5. The van der Waals surface area contributed by atoms with Gasteiger partial charge in [0.2, 0.25) is 11.8 Å². The molecule has 2 aliphatic rings. The summed E-state index contributed by atoms with van der Waals surface area (Å²) in [7, 11) is 2.97. The van der Waals surface area contributed by atoms with Gasteiger partial charge in [-0.2, -0.15) is 4.98 Å². The van der Waals surface area contributed by atoms with Gasteiger partial charge in [-0.3, -0.25) is 18.7 Å². The summed E-state index contributed by atoms with van der Waals surface area (Å²) in [5, 5.41) is 4.19. The zero-order valence-electron chi connectivity index (χ0n) is 18.8. The second-order valence-electron chi connectivity index (χ2n) is 8.78. The highest BCUT2D eigenvalue weighted by molar-refractivity contribution is 5.79. The summed E-state index contributed by atoms with van der Waals surface area (Å²) >= 11 is 0. The number of hydrogen-bond donors (Lipinski definition) is 0. The van der Waals surface area contributed by atoms with Crippen LogP contribution in [0.4, 0.5) is 0 Å². The van der Waals surface area contributed by atoms with Gasteiger partial charge in [-0.05, 0) is 25.7 Å². The smallest absolute Gasteiger partial charge is 0.332 e. The van der Waals surface area contributed by atoms with Crippen molar-refractivity contribution in [1.29, 1.82) is 0 Å². The van der Waals surface area contributed by atoms with Crippen LogP contribution in [0.3, 0.4) is 0 Å². The minimum absolute atomic E-state index is 0.0108. The maximum atomic E-state index is 12.9. The summed E-state index contributed by atoms with van der Waals surface area (Å²) in [6, 6.07) is 0. The van der Waals surface area contributed by atoms with Gasteiger partial charge in [0, 0.05) is 52.2 Å². The SMILES string of the molecule is Cn1c(=O)c2c(ncn2CC(=O)N2CCC(c3nc(C4CCOCC4)no3)CC2)n(C)c1=O.